The van der Waals surface area contributed by atoms with Crippen LogP contribution in [0.1, 0.15) is 43.1 Å². The summed E-state index contributed by atoms with van der Waals surface area (Å²) in [6.07, 6.45) is 4.15. The minimum Gasteiger partial charge on any atom is -0.302 e. The Kier molecular flexibility index (Phi) is 5.55. The van der Waals surface area contributed by atoms with Crippen LogP contribution in [0.2, 0.25) is 0 Å². The van der Waals surface area contributed by atoms with Crippen molar-refractivity contribution in [2.75, 3.05) is 26.7 Å². The Morgan fingerprint density at radius 2 is 1.90 bits per heavy atom. The van der Waals surface area contributed by atoms with Crippen LogP contribution in [-0.2, 0) is 6.54 Å². The molecule has 0 saturated carbocycles. The summed E-state index contributed by atoms with van der Waals surface area (Å²) in [5, 5.41) is 0. The Hall–Kier alpha value is -0.930. The summed E-state index contributed by atoms with van der Waals surface area (Å²) in [6.45, 7) is 11.2. The quantitative estimate of drug-likeness (QED) is 0.823. The van der Waals surface area contributed by atoms with Gasteiger partial charge in [-0.2, -0.15) is 0 Å². The summed E-state index contributed by atoms with van der Waals surface area (Å²) in [6, 6.07) is 4.92. The molecular weight excluding hydrogens is 246 g/mol. The molecule has 1 aromatic rings. The Labute approximate surface area is 124 Å². The van der Waals surface area contributed by atoms with Gasteiger partial charge in [-0.25, -0.2) is 0 Å². The number of likely N-dealkylation sites (tertiary alicyclic amines) is 1. The van der Waals surface area contributed by atoms with Crippen molar-refractivity contribution in [3.8, 4) is 0 Å². The second-order valence-electron chi connectivity index (χ2n) is 6.40. The molecule has 2 heterocycles. The van der Waals surface area contributed by atoms with Crippen LogP contribution in [0, 0.1) is 13.8 Å². The van der Waals surface area contributed by atoms with E-state index in [1.807, 2.05) is 0 Å². The first-order chi connectivity index (χ1) is 9.54. The van der Waals surface area contributed by atoms with Gasteiger partial charge in [-0.3, -0.25) is 9.88 Å². The van der Waals surface area contributed by atoms with Gasteiger partial charge in [0.25, 0.3) is 0 Å². The maximum Gasteiger partial charge on any atom is 0.0549 e. The summed E-state index contributed by atoms with van der Waals surface area (Å²) in [7, 11) is 2.22. The first kappa shape index (κ1) is 15.5. The lowest BCUT2D eigenvalue weighted by Crippen LogP contribution is -2.42. The number of hydrogen-bond donors (Lipinski definition) is 0. The summed E-state index contributed by atoms with van der Waals surface area (Å²) in [4.78, 5) is 9.69. The van der Waals surface area contributed by atoms with Crippen molar-refractivity contribution in [3.63, 3.8) is 0 Å². The molecule has 1 aromatic heterocycles. The topological polar surface area (TPSA) is 19.4 Å². The number of rotatable bonds is 5. The number of hydrogen-bond acceptors (Lipinski definition) is 3. The zero-order valence-electron chi connectivity index (χ0n) is 13.5. The predicted molar refractivity (Wildman–Crippen MR) is 84.9 cm³/mol. The molecule has 0 spiro atoms. The molecule has 20 heavy (non-hydrogen) atoms. The molecule has 0 bridgehead atoms. The highest BCUT2D eigenvalue weighted by atomic mass is 15.2. The third kappa shape index (κ3) is 4.57. The maximum atomic E-state index is 4.65. The van der Waals surface area contributed by atoms with Crippen LogP contribution >= 0.6 is 0 Å². The fraction of sp³-hybridized carbons (Fsp3) is 0.706. The third-order valence-electron chi connectivity index (χ3n) is 4.29. The van der Waals surface area contributed by atoms with Crippen molar-refractivity contribution in [3.05, 3.63) is 29.1 Å². The van der Waals surface area contributed by atoms with Gasteiger partial charge in [0.2, 0.25) is 0 Å². The normalized spacial score (nSPS) is 18.4. The minimum atomic E-state index is 0.579. The Morgan fingerprint density at radius 3 is 2.55 bits per heavy atom. The van der Waals surface area contributed by atoms with E-state index >= 15 is 0 Å². The predicted octanol–water partition coefficient (Wildman–Crippen LogP) is 3.00. The van der Waals surface area contributed by atoms with Gasteiger partial charge in [0, 0.05) is 24.8 Å². The molecule has 0 amide bonds. The van der Waals surface area contributed by atoms with Crippen LogP contribution in [0.25, 0.3) is 0 Å². The Morgan fingerprint density at radius 1 is 1.20 bits per heavy atom. The highest BCUT2D eigenvalue weighted by Gasteiger charge is 2.16. The summed E-state index contributed by atoms with van der Waals surface area (Å²) in [5.41, 5.74) is 3.62. The van der Waals surface area contributed by atoms with Gasteiger partial charge in [0.1, 0.15) is 0 Å². The molecule has 1 unspecified atom stereocenters. The molecule has 0 aromatic carbocycles. The average molecular weight is 275 g/mol. The van der Waals surface area contributed by atoms with Gasteiger partial charge in [-0.15, -0.1) is 0 Å². The molecule has 0 N–H and O–H groups in total. The molecule has 1 saturated heterocycles. The van der Waals surface area contributed by atoms with E-state index in [-0.39, 0.29) is 0 Å². The molecule has 112 valence electrons. The smallest absolute Gasteiger partial charge is 0.0549 e. The SMILES string of the molecule is Cc1cc(C)nc(CN(C)C(C)CN2CCCCC2)c1. The van der Waals surface area contributed by atoms with E-state index in [2.05, 4.69) is 54.7 Å². The van der Waals surface area contributed by atoms with Crippen molar-refractivity contribution in [1.29, 1.82) is 0 Å². The molecule has 1 aliphatic rings. The van der Waals surface area contributed by atoms with Crippen molar-refractivity contribution >= 4 is 0 Å². The maximum absolute atomic E-state index is 4.65. The van der Waals surface area contributed by atoms with Crippen LogP contribution in [-0.4, -0.2) is 47.5 Å². The summed E-state index contributed by atoms with van der Waals surface area (Å²) in [5.74, 6) is 0. The lowest BCUT2D eigenvalue weighted by molar-refractivity contribution is 0.148. The van der Waals surface area contributed by atoms with Crippen LogP contribution in [0.5, 0.6) is 0 Å². The largest absolute Gasteiger partial charge is 0.302 e. The van der Waals surface area contributed by atoms with Gasteiger partial charge >= 0.3 is 0 Å². The van der Waals surface area contributed by atoms with E-state index in [0.717, 1.165) is 12.2 Å². The van der Waals surface area contributed by atoms with Crippen molar-refractivity contribution in [1.82, 2.24) is 14.8 Å². The van der Waals surface area contributed by atoms with Gasteiger partial charge in [0.15, 0.2) is 0 Å². The molecular formula is C17H29N3. The van der Waals surface area contributed by atoms with Gasteiger partial charge in [-0.05, 0) is 71.4 Å². The fourth-order valence-electron chi connectivity index (χ4n) is 3.07. The molecule has 3 nitrogen and oxygen atoms in total. The molecule has 1 atom stereocenters. The van der Waals surface area contributed by atoms with Crippen LogP contribution in [0.15, 0.2) is 12.1 Å². The van der Waals surface area contributed by atoms with Gasteiger partial charge in [-0.1, -0.05) is 6.42 Å². The third-order valence-corrected chi connectivity index (χ3v) is 4.29. The van der Waals surface area contributed by atoms with Crippen molar-refractivity contribution in [2.45, 2.75) is 52.6 Å². The second kappa shape index (κ2) is 7.19. The Balaban J connectivity index is 1.87. The molecule has 1 fully saturated rings. The zero-order chi connectivity index (χ0) is 14.5. The highest BCUT2D eigenvalue weighted by molar-refractivity contribution is 5.19. The Bertz CT molecular complexity index is 404. The second-order valence-corrected chi connectivity index (χ2v) is 6.40. The van der Waals surface area contributed by atoms with E-state index in [1.54, 1.807) is 0 Å². The molecule has 0 aliphatic carbocycles. The van der Waals surface area contributed by atoms with E-state index in [9.17, 15) is 0 Å². The van der Waals surface area contributed by atoms with E-state index < -0.39 is 0 Å². The van der Waals surface area contributed by atoms with E-state index in [1.165, 1.54) is 50.2 Å². The molecule has 2 rings (SSSR count). The monoisotopic (exact) mass is 275 g/mol. The number of aryl methyl sites for hydroxylation is 2. The first-order valence-corrected chi connectivity index (χ1v) is 7.91. The molecule has 3 heteroatoms. The number of aromatic nitrogens is 1. The molecule has 1 aliphatic heterocycles. The molecule has 0 radical (unpaired) electrons. The van der Waals surface area contributed by atoms with E-state index in [4.69, 9.17) is 0 Å². The van der Waals surface area contributed by atoms with Gasteiger partial charge in [0.05, 0.1) is 5.69 Å². The lowest BCUT2D eigenvalue weighted by atomic mass is 10.1. The summed E-state index contributed by atoms with van der Waals surface area (Å²) >= 11 is 0. The van der Waals surface area contributed by atoms with Crippen molar-refractivity contribution in [2.24, 2.45) is 0 Å². The number of piperidine rings is 1. The van der Waals surface area contributed by atoms with Crippen molar-refractivity contribution < 1.29 is 0 Å². The highest BCUT2D eigenvalue weighted by Crippen LogP contribution is 2.12. The number of nitrogens with zero attached hydrogens (tertiary/aromatic N) is 3. The van der Waals surface area contributed by atoms with Gasteiger partial charge < -0.3 is 4.90 Å². The number of pyridine rings is 1. The zero-order valence-corrected chi connectivity index (χ0v) is 13.5. The fourth-order valence-corrected chi connectivity index (χ4v) is 3.07. The summed E-state index contributed by atoms with van der Waals surface area (Å²) < 4.78 is 0. The lowest BCUT2D eigenvalue weighted by Gasteiger charge is -2.33. The standard InChI is InChI=1S/C17H29N3/c1-14-10-15(2)18-17(11-14)13-19(4)16(3)12-20-8-6-5-7-9-20/h10-11,16H,5-9,12-13H2,1-4H3. The average Bonchev–Trinajstić information content (AvgIpc) is 2.38. The van der Waals surface area contributed by atoms with Crippen LogP contribution in [0.3, 0.4) is 0 Å². The minimum absolute atomic E-state index is 0.579. The van der Waals surface area contributed by atoms with Crippen LogP contribution < -0.4 is 0 Å². The first-order valence-electron chi connectivity index (χ1n) is 7.91. The number of likely N-dealkylation sites (N-methyl/N-ethyl adjacent to an activating group) is 1. The van der Waals surface area contributed by atoms with Crippen LogP contribution in [0.4, 0.5) is 0 Å². The van der Waals surface area contributed by atoms with E-state index in [0.29, 0.717) is 6.04 Å².